The molecule has 55 heavy (non-hydrogen) atoms. The molecule has 1 aromatic heterocycles. The fraction of sp³-hybridized carbons (Fsp3) is 0.0943. The third-order valence-electron chi connectivity index (χ3n) is 12.7. The van der Waals surface area contributed by atoms with Crippen molar-refractivity contribution < 1.29 is 9.14 Å². The van der Waals surface area contributed by atoms with Crippen LogP contribution in [0.25, 0.3) is 65.7 Å². The zero-order valence-corrected chi connectivity index (χ0v) is 30.7. The normalized spacial score (nSPS) is 15.6. The van der Waals surface area contributed by atoms with Gasteiger partial charge in [-0.05, 0) is 112 Å². The number of rotatable bonds is 4. The second-order valence-corrected chi connectivity index (χ2v) is 15.5. The highest BCUT2D eigenvalue weighted by Crippen LogP contribution is 2.66. The third kappa shape index (κ3) is 4.04. The van der Waals surface area contributed by atoms with Crippen LogP contribution in [0, 0.1) is 0 Å². The topological polar surface area (TPSA) is 6.89 Å². The molecular weight excluding hydrogens is 665 g/mol. The molecule has 12 rings (SSSR count). The smallest absolute Gasteiger partial charge is 0.165 e. The van der Waals surface area contributed by atoms with Gasteiger partial charge in [0.2, 0.25) is 6.21 Å². The molecule has 0 saturated carbocycles. The van der Waals surface area contributed by atoms with Crippen molar-refractivity contribution in [2.45, 2.75) is 24.9 Å². The quantitative estimate of drug-likeness (QED) is 0.127. The molecule has 8 aromatic carbocycles. The standard InChI is InChI=1S/C53H38N2/c1-2-30-54-33-38-13-11-12-31-55(38)52(54)35-24-22-34(23-25-35)36-26-28-39-37(32-36)27-29-46-49-44-18-5-3-14-40(44)41-15-4-6-19-45(41)51(49)53(50(39)46)47-20-9-7-16-42(47)43-17-8-10-21-48(43)53/h3-29,31-33,52H,2,30H2,1H3/q+2. The fourth-order valence-corrected chi connectivity index (χ4v) is 10.7. The lowest BCUT2D eigenvalue weighted by Crippen LogP contribution is -2.43. The van der Waals surface area contributed by atoms with Gasteiger partial charge in [-0.25, -0.2) is 0 Å². The van der Waals surface area contributed by atoms with E-state index in [4.69, 9.17) is 0 Å². The van der Waals surface area contributed by atoms with Crippen LogP contribution in [0.2, 0.25) is 0 Å². The Morgan fingerprint density at radius 2 is 1.15 bits per heavy atom. The van der Waals surface area contributed by atoms with Crippen molar-refractivity contribution in [3.63, 3.8) is 0 Å². The highest BCUT2D eigenvalue weighted by atomic mass is 15.3. The molecular formula is C53H38N2+2. The van der Waals surface area contributed by atoms with Crippen molar-refractivity contribution in [2.75, 3.05) is 6.54 Å². The molecule has 1 aliphatic heterocycles. The Kier molecular flexibility index (Phi) is 6.40. The van der Waals surface area contributed by atoms with Crippen LogP contribution in [0.4, 0.5) is 0 Å². The lowest BCUT2D eigenvalue weighted by molar-refractivity contribution is -0.851. The minimum Gasteiger partial charge on any atom is -0.165 e. The summed E-state index contributed by atoms with van der Waals surface area (Å²) in [5.41, 5.74) is 15.5. The van der Waals surface area contributed by atoms with Crippen molar-refractivity contribution in [3.05, 3.63) is 210 Å². The fourth-order valence-electron chi connectivity index (χ4n) is 10.7. The van der Waals surface area contributed by atoms with E-state index < -0.39 is 5.41 Å². The predicted molar refractivity (Wildman–Crippen MR) is 226 cm³/mol. The van der Waals surface area contributed by atoms with E-state index in [2.05, 4.69) is 198 Å². The Labute approximate surface area is 320 Å². The molecule has 1 atom stereocenters. The van der Waals surface area contributed by atoms with Crippen LogP contribution in [-0.2, 0) is 5.41 Å². The molecule has 258 valence electrons. The summed E-state index contributed by atoms with van der Waals surface area (Å²) in [4.78, 5) is 0. The number of pyridine rings is 1. The molecule has 1 spiro atoms. The summed E-state index contributed by atoms with van der Waals surface area (Å²) < 4.78 is 4.86. The third-order valence-corrected chi connectivity index (χ3v) is 12.7. The van der Waals surface area contributed by atoms with E-state index in [0.29, 0.717) is 0 Å². The van der Waals surface area contributed by atoms with Crippen molar-refractivity contribution in [2.24, 2.45) is 0 Å². The van der Waals surface area contributed by atoms with Crippen LogP contribution in [0.3, 0.4) is 0 Å². The van der Waals surface area contributed by atoms with Crippen LogP contribution >= 0.6 is 0 Å². The van der Waals surface area contributed by atoms with Gasteiger partial charge in [-0.3, -0.25) is 0 Å². The van der Waals surface area contributed by atoms with Crippen molar-refractivity contribution >= 4 is 38.5 Å². The van der Waals surface area contributed by atoms with E-state index in [-0.39, 0.29) is 6.17 Å². The average molecular weight is 703 g/mol. The predicted octanol–water partition coefficient (Wildman–Crippen LogP) is 11.8. The summed E-state index contributed by atoms with van der Waals surface area (Å²) in [7, 11) is 0. The minimum atomic E-state index is -0.458. The Bertz CT molecular complexity index is 3070. The highest BCUT2D eigenvalue weighted by Gasteiger charge is 2.53. The van der Waals surface area contributed by atoms with Gasteiger partial charge in [0, 0.05) is 18.6 Å². The maximum atomic E-state index is 2.47. The number of fused-ring (bicyclic) bond motifs is 18. The minimum absolute atomic E-state index is 0.173. The zero-order chi connectivity index (χ0) is 36.3. The van der Waals surface area contributed by atoms with Crippen molar-refractivity contribution in [1.82, 2.24) is 0 Å². The Balaban J connectivity index is 1.09. The van der Waals surface area contributed by atoms with Crippen LogP contribution in [0.1, 0.15) is 53.0 Å². The SMILES string of the molecule is CCC[N+]1=Cc2cccc[n+]2C1c1ccc(-c2ccc3c4c(ccc3c2)-c2c(c3ccccc3c3ccccc23)C42c3ccccc3-c3ccccc32)cc1. The van der Waals surface area contributed by atoms with Gasteiger partial charge in [-0.2, -0.15) is 4.58 Å². The second kappa shape index (κ2) is 11.4. The lowest BCUT2D eigenvalue weighted by atomic mass is 9.68. The molecule has 0 fully saturated rings. The van der Waals surface area contributed by atoms with Gasteiger partial charge < -0.3 is 0 Å². The summed E-state index contributed by atoms with van der Waals surface area (Å²) in [6.07, 6.45) is 5.80. The summed E-state index contributed by atoms with van der Waals surface area (Å²) in [5.74, 6) is 0. The van der Waals surface area contributed by atoms with Crippen molar-refractivity contribution in [1.29, 1.82) is 0 Å². The summed E-state index contributed by atoms with van der Waals surface area (Å²) in [6, 6.07) is 64.2. The molecule has 1 unspecified atom stereocenters. The second-order valence-electron chi connectivity index (χ2n) is 15.5. The molecule has 2 aliphatic carbocycles. The van der Waals surface area contributed by atoms with Crippen LogP contribution in [0.15, 0.2) is 176 Å². The van der Waals surface area contributed by atoms with Gasteiger partial charge in [0.05, 0.1) is 11.0 Å². The van der Waals surface area contributed by atoms with E-state index in [1.165, 1.54) is 99.2 Å². The molecule has 3 aliphatic rings. The average Bonchev–Trinajstić information content (AvgIpc) is 3.88. The summed E-state index contributed by atoms with van der Waals surface area (Å²) in [5, 5.41) is 7.88. The first-order chi connectivity index (χ1) is 27.3. The first kappa shape index (κ1) is 30.8. The van der Waals surface area contributed by atoms with Crippen LogP contribution in [0.5, 0.6) is 0 Å². The number of nitrogens with zero attached hydrogens (tertiary/aromatic N) is 2. The molecule has 0 N–H and O–H groups in total. The van der Waals surface area contributed by atoms with E-state index in [1.807, 2.05) is 0 Å². The van der Waals surface area contributed by atoms with Gasteiger partial charge >= 0.3 is 6.17 Å². The molecule has 0 bridgehead atoms. The lowest BCUT2D eigenvalue weighted by Gasteiger charge is -2.32. The van der Waals surface area contributed by atoms with Crippen LogP contribution < -0.4 is 4.57 Å². The largest absolute Gasteiger partial charge is 0.375 e. The Morgan fingerprint density at radius 3 is 1.89 bits per heavy atom. The Morgan fingerprint density at radius 1 is 0.509 bits per heavy atom. The summed E-state index contributed by atoms with van der Waals surface area (Å²) in [6.45, 7) is 3.28. The number of benzene rings is 8. The molecule has 9 aromatic rings. The molecule has 0 radical (unpaired) electrons. The van der Waals surface area contributed by atoms with Gasteiger partial charge in [0.15, 0.2) is 6.20 Å². The molecule has 0 saturated heterocycles. The summed E-state index contributed by atoms with van der Waals surface area (Å²) >= 11 is 0. The monoisotopic (exact) mass is 702 g/mol. The van der Waals surface area contributed by atoms with Gasteiger partial charge in [0.25, 0.3) is 5.69 Å². The first-order valence-electron chi connectivity index (χ1n) is 19.7. The highest BCUT2D eigenvalue weighted by molar-refractivity contribution is 6.21. The Hall–Kier alpha value is -6.64. The van der Waals surface area contributed by atoms with Gasteiger partial charge in [-0.15, -0.1) is 4.57 Å². The maximum Gasteiger partial charge on any atom is 0.375 e. The van der Waals surface area contributed by atoms with Crippen LogP contribution in [-0.4, -0.2) is 17.3 Å². The number of hydrogen-bond donors (Lipinski definition) is 0. The molecule has 2 heteroatoms. The maximum absolute atomic E-state index is 2.47. The van der Waals surface area contributed by atoms with E-state index in [1.54, 1.807) is 0 Å². The van der Waals surface area contributed by atoms with Gasteiger partial charge in [0.1, 0.15) is 6.54 Å². The first-order valence-corrected chi connectivity index (χ1v) is 19.7. The van der Waals surface area contributed by atoms with Gasteiger partial charge in [-0.1, -0.05) is 140 Å². The van der Waals surface area contributed by atoms with E-state index >= 15 is 0 Å². The van der Waals surface area contributed by atoms with E-state index in [9.17, 15) is 0 Å². The zero-order valence-electron chi connectivity index (χ0n) is 30.7. The van der Waals surface area contributed by atoms with E-state index in [0.717, 1.165) is 13.0 Å². The molecule has 2 nitrogen and oxygen atoms in total. The number of aromatic nitrogens is 1. The van der Waals surface area contributed by atoms with Crippen molar-refractivity contribution in [3.8, 4) is 33.4 Å². The molecule has 2 heterocycles. The number of hydrogen-bond acceptors (Lipinski definition) is 0. The molecule has 0 amide bonds.